The van der Waals surface area contributed by atoms with Crippen LogP contribution in [-0.4, -0.2) is 9.70 Å². The van der Waals surface area contributed by atoms with Gasteiger partial charge in [-0.3, -0.25) is 4.79 Å². The molecular weight excluding hydrogens is 174 g/mol. The van der Waals surface area contributed by atoms with Gasteiger partial charge < -0.3 is 0 Å². The van der Waals surface area contributed by atoms with Gasteiger partial charge in [0.15, 0.2) is 0 Å². The molecule has 0 bridgehead atoms. The Hall–Kier alpha value is 0.400. The SMILES string of the molecule is O=C([S])CC(F)(Cl)Cl. The van der Waals surface area contributed by atoms with E-state index in [2.05, 4.69) is 12.6 Å². The Morgan fingerprint density at radius 3 is 2.12 bits per heavy atom. The molecular formula is C3H2Cl2FOS. The van der Waals surface area contributed by atoms with Crippen LogP contribution in [0.5, 0.6) is 0 Å². The lowest BCUT2D eigenvalue weighted by Crippen LogP contribution is -2.07. The Kier molecular flexibility index (Phi) is 2.94. The minimum absolute atomic E-state index is 0.633. The third-order valence-electron chi connectivity index (χ3n) is 0.345. The van der Waals surface area contributed by atoms with E-state index in [0.717, 1.165) is 0 Å². The molecule has 8 heavy (non-hydrogen) atoms. The van der Waals surface area contributed by atoms with Crippen LogP contribution in [0, 0.1) is 0 Å². The molecule has 1 radical (unpaired) electrons. The van der Waals surface area contributed by atoms with Gasteiger partial charge >= 0.3 is 0 Å². The summed E-state index contributed by atoms with van der Waals surface area (Å²) in [4.78, 5) is 9.87. The van der Waals surface area contributed by atoms with Crippen molar-refractivity contribution in [1.82, 2.24) is 0 Å². The van der Waals surface area contributed by atoms with Crippen LogP contribution in [0.15, 0.2) is 0 Å². The first kappa shape index (κ1) is 8.40. The van der Waals surface area contributed by atoms with E-state index in [1.807, 2.05) is 0 Å². The van der Waals surface area contributed by atoms with Gasteiger partial charge in [-0.15, -0.1) is 0 Å². The van der Waals surface area contributed by atoms with Gasteiger partial charge in [0.1, 0.15) is 0 Å². The van der Waals surface area contributed by atoms with E-state index in [1.165, 1.54) is 0 Å². The molecule has 1 nitrogen and oxygen atoms in total. The topological polar surface area (TPSA) is 17.1 Å². The molecule has 0 heterocycles. The van der Waals surface area contributed by atoms with Crippen molar-refractivity contribution < 1.29 is 9.18 Å². The molecule has 0 saturated heterocycles. The first-order valence-electron chi connectivity index (χ1n) is 1.68. The minimum atomic E-state index is -2.49. The van der Waals surface area contributed by atoms with Crippen LogP contribution in [0.1, 0.15) is 6.42 Å². The van der Waals surface area contributed by atoms with Crippen LogP contribution in [-0.2, 0) is 4.79 Å². The van der Waals surface area contributed by atoms with Gasteiger partial charge in [-0.05, 0) is 12.6 Å². The molecule has 0 fully saturated rings. The molecule has 47 valence electrons. The smallest absolute Gasteiger partial charge is 0.265 e. The summed E-state index contributed by atoms with van der Waals surface area (Å²) in [6.45, 7) is 0. The van der Waals surface area contributed by atoms with Crippen molar-refractivity contribution in [2.75, 3.05) is 0 Å². The van der Waals surface area contributed by atoms with E-state index in [9.17, 15) is 9.18 Å². The molecule has 0 aliphatic heterocycles. The summed E-state index contributed by atoms with van der Waals surface area (Å²) in [6, 6.07) is 0. The molecule has 0 N–H and O–H groups in total. The Bertz CT molecular complexity index is 99.9. The van der Waals surface area contributed by atoms with Crippen molar-refractivity contribution in [3.63, 3.8) is 0 Å². The van der Waals surface area contributed by atoms with Crippen LogP contribution >= 0.6 is 35.8 Å². The van der Waals surface area contributed by atoms with Crippen LogP contribution in [0.4, 0.5) is 4.39 Å². The highest BCUT2D eigenvalue weighted by Gasteiger charge is 2.24. The summed E-state index contributed by atoms with van der Waals surface area (Å²) in [7, 11) is 0. The fourth-order valence-electron chi connectivity index (χ4n) is 0.164. The Morgan fingerprint density at radius 1 is 1.75 bits per heavy atom. The molecule has 0 aromatic rings. The third kappa shape index (κ3) is 6.40. The number of hydrogen-bond acceptors (Lipinski definition) is 1. The standard InChI is InChI=1S/C3H2Cl2FOS/c4-3(5,6)1-2(7)8/h1H2. The minimum Gasteiger partial charge on any atom is -0.282 e. The van der Waals surface area contributed by atoms with Gasteiger partial charge in [-0.25, -0.2) is 4.39 Å². The quantitative estimate of drug-likeness (QED) is 0.589. The van der Waals surface area contributed by atoms with E-state index in [0.29, 0.717) is 0 Å². The zero-order chi connectivity index (χ0) is 6.78. The Balaban J connectivity index is 3.55. The fraction of sp³-hybridized carbons (Fsp3) is 0.667. The summed E-state index contributed by atoms with van der Waals surface area (Å²) in [5, 5.41) is -0.780. The molecule has 0 aromatic heterocycles. The normalized spacial score (nSPS) is 11.4. The van der Waals surface area contributed by atoms with E-state index < -0.39 is 16.1 Å². The number of hydrogen-bond donors (Lipinski definition) is 0. The Labute approximate surface area is 61.6 Å². The fourth-order valence-corrected chi connectivity index (χ4v) is 0.764. The third-order valence-corrected chi connectivity index (χ3v) is 0.756. The van der Waals surface area contributed by atoms with Crippen LogP contribution in [0.3, 0.4) is 0 Å². The number of carbonyl (C=O) groups excluding carboxylic acids is 1. The highest BCUT2D eigenvalue weighted by Crippen LogP contribution is 2.27. The number of halogens is 3. The first-order chi connectivity index (χ1) is 3.42. The maximum absolute atomic E-state index is 11.9. The predicted octanol–water partition coefficient (Wildman–Crippen LogP) is 2.20. The summed E-state index contributed by atoms with van der Waals surface area (Å²) in [6.07, 6.45) is -0.633. The lowest BCUT2D eigenvalue weighted by Gasteiger charge is -2.02. The maximum Gasteiger partial charge on any atom is 0.265 e. The summed E-state index contributed by atoms with van der Waals surface area (Å²) < 4.78 is 9.40. The van der Waals surface area contributed by atoms with E-state index in [1.54, 1.807) is 0 Å². The molecule has 0 rings (SSSR count). The summed E-state index contributed by atoms with van der Waals surface area (Å²) in [5.41, 5.74) is 0. The van der Waals surface area contributed by atoms with Crippen molar-refractivity contribution >= 4 is 40.9 Å². The monoisotopic (exact) mass is 175 g/mol. The highest BCUT2D eigenvalue weighted by atomic mass is 35.5. The van der Waals surface area contributed by atoms with Gasteiger partial charge in [0.25, 0.3) is 4.59 Å². The largest absolute Gasteiger partial charge is 0.282 e. The number of rotatable bonds is 2. The molecule has 0 amide bonds. The summed E-state index contributed by atoms with van der Waals surface area (Å²) >= 11 is 13.5. The second kappa shape index (κ2) is 2.80. The second-order valence-corrected chi connectivity index (χ2v) is 3.01. The molecule has 0 spiro atoms. The predicted molar refractivity (Wildman–Crippen MR) is 32.8 cm³/mol. The average molecular weight is 176 g/mol. The molecule has 0 unspecified atom stereocenters. The van der Waals surface area contributed by atoms with Gasteiger partial charge in [0.2, 0.25) is 5.12 Å². The Morgan fingerprint density at radius 2 is 2.12 bits per heavy atom. The molecule has 0 aliphatic carbocycles. The van der Waals surface area contributed by atoms with Gasteiger partial charge in [-0.1, -0.05) is 23.2 Å². The van der Waals surface area contributed by atoms with Crippen molar-refractivity contribution in [2.45, 2.75) is 11.0 Å². The maximum atomic E-state index is 11.9. The lowest BCUT2D eigenvalue weighted by atomic mass is 10.5. The second-order valence-electron chi connectivity index (χ2n) is 1.16. The zero-order valence-electron chi connectivity index (χ0n) is 3.66. The van der Waals surface area contributed by atoms with Crippen LogP contribution < -0.4 is 0 Å². The molecule has 0 aromatic carbocycles. The molecule has 0 saturated carbocycles. The van der Waals surface area contributed by atoms with Gasteiger partial charge in [-0.2, -0.15) is 0 Å². The number of alkyl halides is 3. The highest BCUT2D eigenvalue weighted by molar-refractivity contribution is 7.96. The van der Waals surface area contributed by atoms with Crippen molar-refractivity contribution in [3.8, 4) is 0 Å². The van der Waals surface area contributed by atoms with E-state index in [4.69, 9.17) is 23.2 Å². The van der Waals surface area contributed by atoms with E-state index in [-0.39, 0.29) is 0 Å². The lowest BCUT2D eigenvalue weighted by molar-refractivity contribution is -0.111. The average Bonchev–Trinajstić information content (AvgIpc) is 1.21. The van der Waals surface area contributed by atoms with Crippen molar-refractivity contribution in [1.29, 1.82) is 0 Å². The molecule has 0 atom stereocenters. The van der Waals surface area contributed by atoms with Crippen molar-refractivity contribution in [3.05, 3.63) is 0 Å². The van der Waals surface area contributed by atoms with Crippen LogP contribution in [0.2, 0.25) is 0 Å². The van der Waals surface area contributed by atoms with Gasteiger partial charge in [0.05, 0.1) is 6.42 Å². The number of carbonyl (C=O) groups is 1. The zero-order valence-corrected chi connectivity index (χ0v) is 5.99. The summed E-state index contributed by atoms with van der Waals surface area (Å²) in [5.74, 6) is 0. The van der Waals surface area contributed by atoms with Crippen LogP contribution in [0.25, 0.3) is 0 Å². The molecule has 0 aliphatic rings. The van der Waals surface area contributed by atoms with E-state index >= 15 is 0 Å². The van der Waals surface area contributed by atoms with Crippen molar-refractivity contribution in [2.24, 2.45) is 0 Å². The van der Waals surface area contributed by atoms with Gasteiger partial charge in [0, 0.05) is 0 Å². The first-order valence-corrected chi connectivity index (χ1v) is 2.85. The molecule has 5 heteroatoms.